The first-order valence-corrected chi connectivity index (χ1v) is 8.61. The number of methoxy groups -OCH3 is 1. The van der Waals surface area contributed by atoms with Gasteiger partial charge in [0.1, 0.15) is 5.00 Å². The predicted octanol–water partition coefficient (Wildman–Crippen LogP) is 2.27. The fourth-order valence-electron chi connectivity index (χ4n) is 2.69. The van der Waals surface area contributed by atoms with Gasteiger partial charge in [0.15, 0.2) is 0 Å². The summed E-state index contributed by atoms with van der Waals surface area (Å²) < 4.78 is 4.90. The average molecular weight is 338 g/mol. The van der Waals surface area contributed by atoms with Gasteiger partial charge in [0.2, 0.25) is 11.8 Å². The lowest BCUT2D eigenvalue weighted by Crippen LogP contribution is -2.25. The number of anilines is 1. The van der Waals surface area contributed by atoms with E-state index in [2.05, 4.69) is 10.6 Å². The Morgan fingerprint density at radius 1 is 1.17 bits per heavy atom. The molecule has 0 aromatic carbocycles. The molecule has 1 aliphatic rings. The van der Waals surface area contributed by atoms with Crippen LogP contribution in [0.15, 0.2) is 0 Å². The Kier molecular flexibility index (Phi) is 6.15. The van der Waals surface area contributed by atoms with Crippen molar-refractivity contribution in [2.24, 2.45) is 0 Å². The molecule has 0 unspecified atom stereocenters. The summed E-state index contributed by atoms with van der Waals surface area (Å²) >= 11 is 1.47. The van der Waals surface area contributed by atoms with Crippen LogP contribution in [0.3, 0.4) is 0 Å². The number of nitrogens with one attached hydrogen (secondary N) is 2. The summed E-state index contributed by atoms with van der Waals surface area (Å²) in [5.41, 5.74) is 1.53. The van der Waals surface area contributed by atoms with Crippen molar-refractivity contribution in [1.82, 2.24) is 5.32 Å². The van der Waals surface area contributed by atoms with Gasteiger partial charge in [-0.05, 0) is 31.2 Å². The SMILES string of the molecule is COC(=O)c1c(NC(=O)CCNC(C)=O)sc2c1CCCCC2. The molecule has 6 nitrogen and oxygen atoms in total. The molecule has 0 fully saturated rings. The largest absolute Gasteiger partial charge is 0.465 e. The topological polar surface area (TPSA) is 84.5 Å². The Bertz CT molecular complexity index is 609. The number of esters is 1. The molecule has 0 saturated carbocycles. The highest BCUT2D eigenvalue weighted by molar-refractivity contribution is 7.17. The van der Waals surface area contributed by atoms with Gasteiger partial charge in [-0.15, -0.1) is 11.3 Å². The van der Waals surface area contributed by atoms with Gasteiger partial charge >= 0.3 is 5.97 Å². The first-order chi connectivity index (χ1) is 11.0. The van der Waals surface area contributed by atoms with E-state index in [1.807, 2.05) is 0 Å². The van der Waals surface area contributed by atoms with Crippen LogP contribution in [0.4, 0.5) is 5.00 Å². The van der Waals surface area contributed by atoms with Crippen LogP contribution in [0, 0.1) is 0 Å². The van der Waals surface area contributed by atoms with Crippen molar-refractivity contribution in [3.63, 3.8) is 0 Å². The van der Waals surface area contributed by atoms with E-state index in [-0.39, 0.29) is 24.8 Å². The van der Waals surface area contributed by atoms with Crippen LogP contribution < -0.4 is 10.6 Å². The highest BCUT2D eigenvalue weighted by atomic mass is 32.1. The Hall–Kier alpha value is -1.89. The van der Waals surface area contributed by atoms with Gasteiger partial charge in [0.25, 0.3) is 0 Å². The van der Waals surface area contributed by atoms with Crippen LogP contribution in [-0.4, -0.2) is 31.4 Å². The Labute approximate surface area is 139 Å². The Morgan fingerprint density at radius 2 is 1.91 bits per heavy atom. The van der Waals surface area contributed by atoms with Crippen molar-refractivity contribution in [2.45, 2.75) is 45.4 Å². The maximum Gasteiger partial charge on any atom is 0.341 e. The molecule has 1 aromatic rings. The molecule has 0 saturated heterocycles. The van der Waals surface area contributed by atoms with E-state index in [4.69, 9.17) is 4.74 Å². The van der Waals surface area contributed by atoms with E-state index in [1.54, 1.807) is 0 Å². The number of rotatable bonds is 5. The molecule has 0 radical (unpaired) electrons. The second-order valence-electron chi connectivity index (χ2n) is 5.54. The third-order valence-corrected chi connectivity index (χ3v) is 5.00. The van der Waals surface area contributed by atoms with E-state index < -0.39 is 5.97 Å². The van der Waals surface area contributed by atoms with Crippen LogP contribution in [0.5, 0.6) is 0 Å². The molecule has 2 N–H and O–H groups in total. The highest BCUT2D eigenvalue weighted by Gasteiger charge is 2.26. The molecule has 0 atom stereocenters. The fraction of sp³-hybridized carbons (Fsp3) is 0.562. The number of fused-ring (bicyclic) bond motifs is 1. The Morgan fingerprint density at radius 3 is 2.61 bits per heavy atom. The lowest BCUT2D eigenvalue weighted by molar-refractivity contribution is -0.119. The molecule has 0 bridgehead atoms. The van der Waals surface area contributed by atoms with E-state index in [0.29, 0.717) is 10.6 Å². The van der Waals surface area contributed by atoms with Crippen LogP contribution in [0.25, 0.3) is 0 Å². The van der Waals surface area contributed by atoms with Gasteiger partial charge < -0.3 is 15.4 Å². The minimum atomic E-state index is -0.401. The van der Waals surface area contributed by atoms with Crippen molar-refractivity contribution < 1.29 is 19.1 Å². The second-order valence-corrected chi connectivity index (χ2v) is 6.65. The summed E-state index contributed by atoms with van der Waals surface area (Å²) in [4.78, 5) is 36.2. The molecule has 2 amide bonds. The van der Waals surface area contributed by atoms with E-state index >= 15 is 0 Å². The lowest BCUT2D eigenvalue weighted by atomic mass is 10.1. The first kappa shape index (κ1) is 17.5. The number of hydrogen-bond donors (Lipinski definition) is 2. The molecule has 7 heteroatoms. The molecule has 0 aliphatic heterocycles. The number of amides is 2. The van der Waals surface area contributed by atoms with Crippen molar-refractivity contribution in [3.8, 4) is 0 Å². The number of aryl methyl sites for hydroxylation is 1. The number of ether oxygens (including phenoxy) is 1. The Balaban J connectivity index is 2.15. The van der Waals surface area contributed by atoms with Crippen LogP contribution in [0.1, 0.15) is 53.4 Å². The number of carbonyl (C=O) groups is 3. The summed E-state index contributed by atoms with van der Waals surface area (Å²) in [5.74, 6) is -0.794. The second kappa shape index (κ2) is 8.10. The molecule has 2 rings (SSSR count). The zero-order chi connectivity index (χ0) is 16.8. The van der Waals surface area contributed by atoms with Gasteiger partial charge in [-0.1, -0.05) is 6.42 Å². The minimum absolute atomic E-state index is 0.169. The highest BCUT2D eigenvalue weighted by Crippen LogP contribution is 2.37. The van der Waals surface area contributed by atoms with E-state index in [9.17, 15) is 14.4 Å². The monoisotopic (exact) mass is 338 g/mol. The third kappa shape index (κ3) is 4.54. The minimum Gasteiger partial charge on any atom is -0.465 e. The van der Waals surface area contributed by atoms with E-state index in [0.717, 1.165) is 37.7 Å². The van der Waals surface area contributed by atoms with Crippen LogP contribution in [-0.2, 0) is 27.2 Å². The molecule has 1 aliphatic carbocycles. The number of carbonyl (C=O) groups excluding carboxylic acids is 3. The summed E-state index contributed by atoms with van der Waals surface area (Å²) in [5, 5.41) is 5.95. The molecule has 0 spiro atoms. The zero-order valence-corrected chi connectivity index (χ0v) is 14.3. The molecular formula is C16H22N2O4S. The van der Waals surface area contributed by atoms with Crippen molar-refractivity contribution >= 4 is 34.1 Å². The average Bonchev–Trinajstić information content (AvgIpc) is 2.67. The van der Waals surface area contributed by atoms with Gasteiger partial charge in [-0.25, -0.2) is 4.79 Å². The molecule has 1 heterocycles. The van der Waals surface area contributed by atoms with Crippen LogP contribution >= 0.6 is 11.3 Å². The van der Waals surface area contributed by atoms with Crippen molar-refractivity contribution in [2.75, 3.05) is 19.0 Å². The summed E-state index contributed by atoms with van der Waals surface area (Å²) in [6.45, 7) is 1.68. The summed E-state index contributed by atoms with van der Waals surface area (Å²) in [7, 11) is 1.35. The predicted molar refractivity (Wildman–Crippen MR) is 88.8 cm³/mol. The standard InChI is InChI=1S/C16H22N2O4S/c1-10(19)17-9-8-13(20)18-15-14(16(21)22-2)11-6-4-3-5-7-12(11)23-15/h3-9H2,1-2H3,(H,17,19)(H,18,20). The maximum atomic E-state index is 12.1. The number of thiophene rings is 1. The number of hydrogen-bond acceptors (Lipinski definition) is 5. The van der Waals surface area contributed by atoms with Gasteiger partial charge in [-0.3, -0.25) is 9.59 Å². The van der Waals surface area contributed by atoms with Crippen molar-refractivity contribution in [1.29, 1.82) is 0 Å². The normalized spacial score (nSPS) is 13.7. The quantitative estimate of drug-likeness (QED) is 0.637. The fourth-order valence-corrected chi connectivity index (χ4v) is 3.98. The van der Waals surface area contributed by atoms with Crippen LogP contribution in [0.2, 0.25) is 0 Å². The zero-order valence-electron chi connectivity index (χ0n) is 13.5. The van der Waals surface area contributed by atoms with Gasteiger partial charge in [-0.2, -0.15) is 0 Å². The smallest absolute Gasteiger partial charge is 0.341 e. The molecule has 1 aromatic heterocycles. The lowest BCUT2D eigenvalue weighted by Gasteiger charge is -2.07. The van der Waals surface area contributed by atoms with Crippen molar-refractivity contribution in [3.05, 3.63) is 16.0 Å². The molecular weight excluding hydrogens is 316 g/mol. The maximum absolute atomic E-state index is 12.1. The van der Waals surface area contributed by atoms with Gasteiger partial charge in [0, 0.05) is 24.8 Å². The molecule has 23 heavy (non-hydrogen) atoms. The first-order valence-electron chi connectivity index (χ1n) is 7.80. The molecule has 126 valence electrons. The van der Waals surface area contributed by atoms with Gasteiger partial charge in [0.05, 0.1) is 12.7 Å². The summed E-state index contributed by atoms with van der Waals surface area (Å²) in [6.07, 6.45) is 5.25. The third-order valence-electron chi connectivity index (χ3n) is 3.79. The summed E-state index contributed by atoms with van der Waals surface area (Å²) in [6, 6.07) is 0. The van der Waals surface area contributed by atoms with E-state index in [1.165, 1.54) is 30.2 Å².